The van der Waals surface area contributed by atoms with Gasteiger partial charge in [0.25, 0.3) is 10.0 Å². The molecule has 3 aromatic rings. The first-order valence-corrected chi connectivity index (χ1v) is 10.8. The van der Waals surface area contributed by atoms with Gasteiger partial charge in [0.15, 0.2) is 0 Å². The van der Waals surface area contributed by atoms with Gasteiger partial charge >= 0.3 is 5.69 Å². The molecule has 6 nitrogen and oxygen atoms in total. The van der Waals surface area contributed by atoms with Crippen molar-refractivity contribution < 1.29 is 8.42 Å². The van der Waals surface area contributed by atoms with Crippen LogP contribution in [0.25, 0.3) is 11.0 Å². The maximum Gasteiger partial charge on any atom is 0.323 e. The molecule has 0 unspecified atom stereocenters. The number of imidazole rings is 1. The van der Waals surface area contributed by atoms with Gasteiger partial charge in [0, 0.05) is 0 Å². The van der Waals surface area contributed by atoms with Crippen LogP contribution in [0.5, 0.6) is 0 Å². The molecule has 4 rings (SSSR count). The van der Waals surface area contributed by atoms with Gasteiger partial charge in [-0.05, 0) is 48.6 Å². The molecule has 1 fully saturated rings. The Balaban J connectivity index is 1.59. The average Bonchev–Trinajstić information content (AvgIpc) is 3.01. The van der Waals surface area contributed by atoms with Crippen LogP contribution in [-0.2, 0) is 10.0 Å². The van der Waals surface area contributed by atoms with Crippen LogP contribution in [0.4, 0.5) is 5.69 Å². The van der Waals surface area contributed by atoms with E-state index in [1.165, 1.54) is 37.0 Å². The van der Waals surface area contributed by atoms with E-state index in [-0.39, 0.29) is 21.3 Å². The van der Waals surface area contributed by atoms with E-state index < -0.39 is 10.0 Å². The smallest absolute Gasteiger partial charge is 0.306 e. The fourth-order valence-corrected chi connectivity index (χ4v) is 5.03. The predicted octanol–water partition coefficient (Wildman–Crippen LogP) is 4.36. The molecular formula is C19H20ClN3O3S. The number of fused-ring (bicyclic) bond motifs is 1. The third-order valence-corrected chi connectivity index (χ3v) is 6.81. The zero-order valence-electron chi connectivity index (χ0n) is 14.6. The first-order chi connectivity index (χ1) is 12.9. The van der Waals surface area contributed by atoms with E-state index in [1.54, 1.807) is 12.1 Å². The third-order valence-electron chi connectivity index (χ3n) is 5.11. The van der Waals surface area contributed by atoms with E-state index in [1.807, 2.05) is 12.1 Å². The molecule has 3 N–H and O–H groups in total. The molecule has 142 valence electrons. The molecule has 2 aromatic carbocycles. The number of sulfonamides is 1. The van der Waals surface area contributed by atoms with Crippen LogP contribution in [-0.4, -0.2) is 18.4 Å². The van der Waals surface area contributed by atoms with Crippen molar-refractivity contribution in [2.24, 2.45) is 0 Å². The SMILES string of the molecule is O=c1[nH]c2cc(Cl)c(NS(=O)(=O)c3ccc(C4CCCCC4)cc3)cc2[nH]1. The molecule has 8 heteroatoms. The number of hydrogen-bond donors (Lipinski definition) is 3. The number of benzene rings is 2. The van der Waals surface area contributed by atoms with Gasteiger partial charge in [0.05, 0.1) is 26.6 Å². The Morgan fingerprint density at radius 1 is 0.963 bits per heavy atom. The summed E-state index contributed by atoms with van der Waals surface area (Å²) in [6.45, 7) is 0. The van der Waals surface area contributed by atoms with Crippen LogP contribution in [0.1, 0.15) is 43.6 Å². The lowest BCUT2D eigenvalue weighted by atomic mass is 9.84. The van der Waals surface area contributed by atoms with Gasteiger partial charge in [-0.25, -0.2) is 13.2 Å². The maximum absolute atomic E-state index is 12.7. The zero-order valence-corrected chi connectivity index (χ0v) is 16.2. The van der Waals surface area contributed by atoms with Gasteiger partial charge < -0.3 is 9.97 Å². The monoisotopic (exact) mass is 405 g/mol. The second-order valence-corrected chi connectivity index (χ2v) is 9.06. The van der Waals surface area contributed by atoms with Gasteiger partial charge in [0.2, 0.25) is 0 Å². The summed E-state index contributed by atoms with van der Waals surface area (Å²) in [6, 6.07) is 10.1. The second-order valence-electron chi connectivity index (χ2n) is 6.97. The Bertz CT molecular complexity index is 1130. The quantitative estimate of drug-likeness (QED) is 0.601. The first kappa shape index (κ1) is 18.1. The number of H-pyrrole nitrogens is 2. The molecule has 0 bridgehead atoms. The van der Waals surface area contributed by atoms with Gasteiger partial charge in [-0.15, -0.1) is 0 Å². The summed E-state index contributed by atoms with van der Waals surface area (Å²) in [5.74, 6) is 0.519. The predicted molar refractivity (Wildman–Crippen MR) is 107 cm³/mol. The van der Waals surface area contributed by atoms with Crippen molar-refractivity contribution in [2.75, 3.05) is 4.72 Å². The van der Waals surface area contributed by atoms with Crippen LogP contribution in [0.15, 0.2) is 46.1 Å². The average molecular weight is 406 g/mol. The fraction of sp³-hybridized carbons (Fsp3) is 0.316. The van der Waals surface area contributed by atoms with Crippen LogP contribution < -0.4 is 10.4 Å². The molecule has 1 aliphatic carbocycles. The lowest BCUT2D eigenvalue weighted by Gasteiger charge is -2.22. The largest absolute Gasteiger partial charge is 0.323 e. The van der Waals surface area contributed by atoms with Crippen LogP contribution in [0, 0.1) is 0 Å². The number of nitrogens with one attached hydrogen (secondary N) is 3. The summed E-state index contributed by atoms with van der Waals surface area (Å²) >= 11 is 6.17. The third kappa shape index (κ3) is 3.75. The first-order valence-electron chi connectivity index (χ1n) is 8.97. The molecule has 1 saturated carbocycles. The van der Waals surface area contributed by atoms with Crippen molar-refractivity contribution in [2.45, 2.75) is 42.9 Å². The van der Waals surface area contributed by atoms with E-state index in [0.717, 1.165) is 12.8 Å². The minimum Gasteiger partial charge on any atom is -0.306 e. The van der Waals surface area contributed by atoms with E-state index in [2.05, 4.69) is 14.7 Å². The Morgan fingerprint density at radius 2 is 1.59 bits per heavy atom. The van der Waals surface area contributed by atoms with Gasteiger partial charge in [-0.2, -0.15) is 0 Å². The minimum absolute atomic E-state index is 0.181. The minimum atomic E-state index is -3.78. The Morgan fingerprint density at radius 3 is 2.26 bits per heavy atom. The van der Waals surface area contributed by atoms with Crippen molar-refractivity contribution in [3.05, 3.63) is 57.5 Å². The van der Waals surface area contributed by atoms with Crippen LogP contribution in [0.3, 0.4) is 0 Å². The Labute approximate surface area is 162 Å². The lowest BCUT2D eigenvalue weighted by Crippen LogP contribution is -2.13. The number of halogens is 1. The highest BCUT2D eigenvalue weighted by molar-refractivity contribution is 7.92. The molecule has 0 radical (unpaired) electrons. The number of aromatic nitrogens is 2. The van der Waals surface area contributed by atoms with Crippen molar-refractivity contribution in [1.82, 2.24) is 9.97 Å². The summed E-state index contributed by atoms with van der Waals surface area (Å²) < 4.78 is 28.0. The lowest BCUT2D eigenvalue weighted by molar-refractivity contribution is 0.443. The summed E-state index contributed by atoms with van der Waals surface area (Å²) in [6.07, 6.45) is 6.07. The molecule has 0 saturated heterocycles. The molecular weight excluding hydrogens is 386 g/mol. The Hall–Kier alpha value is -2.25. The van der Waals surface area contributed by atoms with Crippen LogP contribution in [0.2, 0.25) is 5.02 Å². The van der Waals surface area contributed by atoms with E-state index >= 15 is 0 Å². The highest BCUT2D eigenvalue weighted by atomic mass is 35.5. The van der Waals surface area contributed by atoms with Gasteiger partial charge in [0.1, 0.15) is 0 Å². The summed E-state index contributed by atoms with van der Waals surface area (Å²) in [5, 5.41) is 0.208. The van der Waals surface area contributed by atoms with Crippen molar-refractivity contribution in [3.63, 3.8) is 0 Å². The van der Waals surface area contributed by atoms with Crippen LogP contribution >= 0.6 is 11.6 Å². The molecule has 0 aliphatic heterocycles. The van der Waals surface area contributed by atoms with Crippen molar-refractivity contribution >= 4 is 38.3 Å². The van der Waals surface area contributed by atoms with Gasteiger partial charge in [-0.3, -0.25) is 4.72 Å². The summed E-state index contributed by atoms with van der Waals surface area (Å²) in [4.78, 5) is 16.7. The maximum atomic E-state index is 12.7. The van der Waals surface area contributed by atoms with Crippen molar-refractivity contribution in [1.29, 1.82) is 0 Å². The molecule has 1 aliphatic rings. The number of aromatic amines is 2. The number of anilines is 1. The van der Waals surface area contributed by atoms with E-state index in [9.17, 15) is 13.2 Å². The summed E-state index contributed by atoms with van der Waals surface area (Å²) in [7, 11) is -3.78. The fourth-order valence-electron chi connectivity index (χ4n) is 3.69. The number of hydrogen-bond acceptors (Lipinski definition) is 3. The Kier molecular flexibility index (Phi) is 4.74. The molecule has 1 heterocycles. The number of rotatable bonds is 4. The molecule has 0 spiro atoms. The van der Waals surface area contributed by atoms with Crippen molar-refractivity contribution in [3.8, 4) is 0 Å². The topological polar surface area (TPSA) is 94.8 Å². The molecule has 0 atom stereocenters. The molecule has 1 aromatic heterocycles. The molecule has 0 amide bonds. The molecule has 27 heavy (non-hydrogen) atoms. The zero-order chi connectivity index (χ0) is 19.0. The van der Waals surface area contributed by atoms with Gasteiger partial charge in [-0.1, -0.05) is 43.0 Å². The highest BCUT2D eigenvalue weighted by Crippen LogP contribution is 2.33. The van der Waals surface area contributed by atoms with E-state index in [0.29, 0.717) is 17.0 Å². The standard InChI is InChI=1S/C19H20ClN3O3S/c20-15-10-17-18(22-19(24)21-17)11-16(15)23-27(25,26)14-8-6-13(7-9-14)12-4-2-1-3-5-12/h6-12,23H,1-5H2,(H2,21,22,24). The van der Waals surface area contributed by atoms with E-state index in [4.69, 9.17) is 11.6 Å². The highest BCUT2D eigenvalue weighted by Gasteiger charge is 2.19. The normalized spacial score (nSPS) is 15.9. The second kappa shape index (κ2) is 7.05. The summed E-state index contributed by atoms with van der Waals surface area (Å²) in [5.41, 5.74) is 2.03.